The van der Waals surface area contributed by atoms with Crippen LogP contribution in [-0.2, 0) is 22.0 Å². The minimum Gasteiger partial charge on any atom is -0.493 e. The number of ether oxygens (including phenoxy) is 4. The summed E-state index contributed by atoms with van der Waals surface area (Å²) in [7, 11) is 0.649. The standard InChI is InChI=1S/C22H29NO6S/c1-5-28-21-14-18(9-7-17(21)15-26-3)23-19(11-12-30(24)25)16-8-10-20(27-4)22(13-16)29-6-2/h7-11,13-14,23,30H,5-6,12,15H2,1-4H3. The highest BCUT2D eigenvalue weighted by Gasteiger charge is 2.11. The first-order valence-corrected chi connectivity index (χ1v) is 11.0. The van der Waals surface area contributed by atoms with Gasteiger partial charge in [-0.05, 0) is 44.2 Å². The number of hydrogen-bond acceptors (Lipinski definition) is 7. The molecule has 0 spiro atoms. The molecule has 0 bridgehead atoms. The van der Waals surface area contributed by atoms with E-state index in [1.54, 1.807) is 26.4 Å². The van der Waals surface area contributed by atoms with Crippen molar-refractivity contribution in [1.82, 2.24) is 0 Å². The number of nitrogens with one attached hydrogen (secondary N) is 1. The number of rotatable bonds is 12. The van der Waals surface area contributed by atoms with Crippen LogP contribution < -0.4 is 19.5 Å². The maximum absolute atomic E-state index is 11.2. The summed E-state index contributed by atoms with van der Waals surface area (Å²) in [6.07, 6.45) is 1.63. The van der Waals surface area contributed by atoms with Crippen LogP contribution in [0.1, 0.15) is 25.0 Å². The Morgan fingerprint density at radius 1 is 0.967 bits per heavy atom. The molecule has 0 aliphatic carbocycles. The van der Waals surface area contributed by atoms with Crippen LogP contribution in [0.3, 0.4) is 0 Å². The minimum atomic E-state index is -2.56. The molecule has 30 heavy (non-hydrogen) atoms. The van der Waals surface area contributed by atoms with Crippen LogP contribution >= 0.6 is 0 Å². The molecule has 2 aromatic rings. The maximum atomic E-state index is 11.2. The SMILES string of the molecule is CCOc1cc(NC(=CC[SH](=O)=O)c2ccc(OC)c(OCC)c2)ccc1COC. The lowest BCUT2D eigenvalue weighted by Gasteiger charge is -2.17. The zero-order valence-corrected chi connectivity index (χ0v) is 18.7. The first-order chi connectivity index (χ1) is 14.5. The lowest BCUT2D eigenvalue weighted by atomic mass is 10.1. The van der Waals surface area contributed by atoms with Gasteiger partial charge >= 0.3 is 0 Å². The Kier molecular flexibility index (Phi) is 9.50. The first-order valence-electron chi connectivity index (χ1n) is 9.67. The van der Waals surface area contributed by atoms with Gasteiger partial charge in [-0.25, -0.2) is 8.42 Å². The van der Waals surface area contributed by atoms with Crippen molar-refractivity contribution in [3.63, 3.8) is 0 Å². The Bertz CT molecular complexity index is 931. The molecule has 0 aliphatic heterocycles. The zero-order valence-electron chi connectivity index (χ0n) is 17.8. The highest BCUT2D eigenvalue weighted by Crippen LogP contribution is 2.32. The zero-order chi connectivity index (χ0) is 21.9. The molecule has 2 rings (SSSR count). The summed E-state index contributed by atoms with van der Waals surface area (Å²) in [6, 6.07) is 11.1. The van der Waals surface area contributed by atoms with Crippen molar-refractivity contribution < 1.29 is 27.4 Å². The molecule has 0 unspecified atom stereocenters. The van der Waals surface area contributed by atoms with E-state index in [1.165, 1.54) is 0 Å². The summed E-state index contributed by atoms with van der Waals surface area (Å²) in [6.45, 7) is 5.25. The number of benzene rings is 2. The number of methoxy groups -OCH3 is 2. The van der Waals surface area contributed by atoms with E-state index in [4.69, 9.17) is 18.9 Å². The predicted octanol–water partition coefficient (Wildman–Crippen LogP) is 3.70. The van der Waals surface area contributed by atoms with Gasteiger partial charge in [0.2, 0.25) is 0 Å². The van der Waals surface area contributed by atoms with Gasteiger partial charge < -0.3 is 24.3 Å². The van der Waals surface area contributed by atoms with E-state index in [-0.39, 0.29) is 5.75 Å². The second kappa shape index (κ2) is 12.1. The van der Waals surface area contributed by atoms with Crippen molar-refractivity contribution >= 4 is 22.1 Å². The summed E-state index contributed by atoms with van der Waals surface area (Å²) in [5.74, 6) is 1.82. The second-order valence-electron chi connectivity index (χ2n) is 6.25. The van der Waals surface area contributed by atoms with E-state index < -0.39 is 10.7 Å². The fourth-order valence-corrected chi connectivity index (χ4v) is 3.20. The van der Waals surface area contributed by atoms with Crippen LogP contribution in [0.25, 0.3) is 5.70 Å². The topological polar surface area (TPSA) is 83.1 Å². The first kappa shape index (κ1) is 23.6. The van der Waals surface area contributed by atoms with Crippen LogP contribution in [0.15, 0.2) is 42.5 Å². The Balaban J connectivity index is 2.42. The fourth-order valence-electron chi connectivity index (χ4n) is 2.87. The molecule has 0 saturated heterocycles. The Morgan fingerprint density at radius 2 is 1.70 bits per heavy atom. The number of hydrogen-bond donors (Lipinski definition) is 2. The number of thiol groups is 1. The second-order valence-corrected chi connectivity index (χ2v) is 7.28. The Morgan fingerprint density at radius 3 is 2.33 bits per heavy atom. The van der Waals surface area contributed by atoms with Gasteiger partial charge in [-0.2, -0.15) is 0 Å². The molecule has 0 amide bonds. The number of anilines is 1. The highest BCUT2D eigenvalue weighted by molar-refractivity contribution is 7.72. The van der Waals surface area contributed by atoms with Crippen LogP contribution in [0.2, 0.25) is 0 Å². The van der Waals surface area contributed by atoms with Crippen molar-refractivity contribution in [2.24, 2.45) is 0 Å². The molecule has 0 atom stereocenters. The van der Waals surface area contributed by atoms with E-state index in [2.05, 4.69) is 5.32 Å². The Labute approximate surface area is 179 Å². The normalized spacial score (nSPS) is 11.4. The third-order valence-electron chi connectivity index (χ3n) is 4.16. The van der Waals surface area contributed by atoms with E-state index in [1.807, 2.05) is 44.2 Å². The molecular formula is C22H29NO6S. The Hall–Kier alpha value is -2.71. The third kappa shape index (κ3) is 6.67. The van der Waals surface area contributed by atoms with Gasteiger partial charge in [0.1, 0.15) is 16.5 Å². The predicted molar refractivity (Wildman–Crippen MR) is 119 cm³/mol. The van der Waals surface area contributed by atoms with Crippen molar-refractivity contribution in [2.75, 3.05) is 38.5 Å². The lowest BCUT2D eigenvalue weighted by Crippen LogP contribution is -2.04. The molecule has 0 aliphatic rings. The summed E-state index contributed by atoms with van der Waals surface area (Å²) in [5.41, 5.74) is 3.11. The van der Waals surface area contributed by atoms with Gasteiger partial charge in [-0.15, -0.1) is 0 Å². The van der Waals surface area contributed by atoms with Crippen molar-refractivity contribution in [1.29, 1.82) is 0 Å². The molecule has 0 fully saturated rings. The quantitative estimate of drug-likeness (QED) is 0.492. The monoisotopic (exact) mass is 435 g/mol. The molecule has 0 radical (unpaired) electrons. The molecule has 2 aromatic carbocycles. The minimum absolute atomic E-state index is 0.0895. The molecule has 164 valence electrons. The van der Waals surface area contributed by atoms with Crippen LogP contribution in [0.4, 0.5) is 5.69 Å². The maximum Gasteiger partial charge on any atom is 0.161 e. The molecule has 0 saturated carbocycles. The molecule has 0 aromatic heterocycles. The third-order valence-corrected chi connectivity index (χ3v) is 4.65. The summed E-state index contributed by atoms with van der Waals surface area (Å²) >= 11 is 0. The van der Waals surface area contributed by atoms with E-state index in [0.717, 1.165) is 16.8 Å². The smallest absolute Gasteiger partial charge is 0.161 e. The average Bonchev–Trinajstić information content (AvgIpc) is 2.73. The molecular weight excluding hydrogens is 406 g/mol. The van der Waals surface area contributed by atoms with Gasteiger partial charge in [0.15, 0.2) is 11.5 Å². The van der Waals surface area contributed by atoms with Gasteiger partial charge in [0.05, 0.1) is 32.7 Å². The molecule has 8 heteroatoms. The summed E-state index contributed by atoms with van der Waals surface area (Å²) < 4.78 is 44.3. The molecule has 1 N–H and O–H groups in total. The van der Waals surface area contributed by atoms with Gasteiger partial charge in [0.25, 0.3) is 0 Å². The average molecular weight is 436 g/mol. The van der Waals surface area contributed by atoms with E-state index in [9.17, 15) is 8.42 Å². The van der Waals surface area contributed by atoms with Gasteiger partial charge in [-0.1, -0.05) is 6.07 Å². The molecule has 0 heterocycles. The van der Waals surface area contributed by atoms with E-state index in [0.29, 0.717) is 42.8 Å². The van der Waals surface area contributed by atoms with Gasteiger partial charge in [0, 0.05) is 35.7 Å². The van der Waals surface area contributed by atoms with Gasteiger partial charge in [-0.3, -0.25) is 0 Å². The van der Waals surface area contributed by atoms with Crippen molar-refractivity contribution in [3.05, 3.63) is 53.6 Å². The summed E-state index contributed by atoms with van der Waals surface area (Å²) in [5, 5.41) is 3.30. The fraction of sp³-hybridized carbons (Fsp3) is 0.364. The summed E-state index contributed by atoms with van der Waals surface area (Å²) in [4.78, 5) is 0. The van der Waals surface area contributed by atoms with E-state index >= 15 is 0 Å². The van der Waals surface area contributed by atoms with Crippen LogP contribution in [0, 0.1) is 0 Å². The highest BCUT2D eigenvalue weighted by atomic mass is 32.2. The van der Waals surface area contributed by atoms with Crippen LogP contribution in [0.5, 0.6) is 17.2 Å². The lowest BCUT2D eigenvalue weighted by molar-refractivity contribution is 0.180. The van der Waals surface area contributed by atoms with Crippen molar-refractivity contribution in [2.45, 2.75) is 20.5 Å². The van der Waals surface area contributed by atoms with Crippen LogP contribution in [-0.4, -0.2) is 41.6 Å². The molecule has 7 nitrogen and oxygen atoms in total. The largest absolute Gasteiger partial charge is 0.493 e. The van der Waals surface area contributed by atoms with Crippen molar-refractivity contribution in [3.8, 4) is 17.2 Å².